The average Bonchev–Trinajstić information content (AvgIpc) is 3.44. The molecule has 0 aliphatic carbocycles. The minimum atomic E-state index is -0.430. The molecule has 5 rings (SSSR count). The van der Waals surface area contributed by atoms with E-state index in [1.165, 1.54) is 12.1 Å². The van der Waals surface area contributed by atoms with Crippen LogP contribution >= 0.6 is 23.8 Å². The third-order valence-corrected chi connectivity index (χ3v) is 7.58. The van der Waals surface area contributed by atoms with Crippen LogP contribution < -0.4 is 10.6 Å². The molecule has 0 saturated carbocycles. The molecule has 0 atom stereocenters. The Kier molecular flexibility index (Phi) is 9.60. The van der Waals surface area contributed by atoms with Crippen molar-refractivity contribution in [3.05, 3.63) is 135 Å². The number of imidazole rings is 1. The van der Waals surface area contributed by atoms with E-state index in [-0.39, 0.29) is 18.0 Å². The molecule has 0 unspecified atom stereocenters. The molecule has 11 heteroatoms. The minimum absolute atomic E-state index is 0.0336. The van der Waals surface area contributed by atoms with Gasteiger partial charge in [0.25, 0.3) is 5.69 Å². The van der Waals surface area contributed by atoms with E-state index in [0.29, 0.717) is 36.3 Å². The van der Waals surface area contributed by atoms with Crippen molar-refractivity contribution >= 4 is 57.0 Å². The maximum absolute atomic E-state index is 12.9. The fourth-order valence-electron chi connectivity index (χ4n) is 4.74. The highest BCUT2D eigenvalue weighted by Gasteiger charge is 2.15. The van der Waals surface area contributed by atoms with Gasteiger partial charge in [-0.05, 0) is 58.4 Å². The number of nitro benzene ring substituents is 1. The van der Waals surface area contributed by atoms with Gasteiger partial charge in [0.15, 0.2) is 5.11 Å². The monoisotopic (exact) mass is 612 g/mol. The summed E-state index contributed by atoms with van der Waals surface area (Å²) < 4.78 is 1.86. The number of carbonyl (C=O) groups is 1. The zero-order valence-corrected chi connectivity index (χ0v) is 24.7. The van der Waals surface area contributed by atoms with Crippen molar-refractivity contribution in [2.75, 3.05) is 18.4 Å². The van der Waals surface area contributed by atoms with Gasteiger partial charge in [-0.3, -0.25) is 14.9 Å². The molecule has 218 valence electrons. The van der Waals surface area contributed by atoms with Crippen LogP contribution in [-0.2, 0) is 24.3 Å². The number of rotatable bonds is 11. The number of aromatic nitrogens is 2. The summed E-state index contributed by atoms with van der Waals surface area (Å²) in [7, 11) is 0. The van der Waals surface area contributed by atoms with Crippen LogP contribution in [0.15, 0.2) is 104 Å². The minimum Gasteiger partial charge on any atom is -0.354 e. The Labute approximate surface area is 259 Å². The number of anilines is 1. The predicted octanol–water partition coefficient (Wildman–Crippen LogP) is 6.20. The number of hydrogen-bond donors (Lipinski definition) is 2. The number of amides is 1. The smallest absolute Gasteiger partial charge is 0.269 e. The van der Waals surface area contributed by atoms with Gasteiger partial charge >= 0.3 is 0 Å². The Morgan fingerprint density at radius 3 is 2.51 bits per heavy atom. The highest BCUT2D eigenvalue weighted by Crippen LogP contribution is 2.21. The molecule has 5 aromatic rings. The quantitative estimate of drug-likeness (QED) is 0.104. The molecule has 2 N–H and O–H groups in total. The van der Waals surface area contributed by atoms with E-state index in [4.69, 9.17) is 23.8 Å². The maximum Gasteiger partial charge on any atom is 0.269 e. The summed E-state index contributed by atoms with van der Waals surface area (Å²) in [5, 5.41) is 20.7. The lowest BCUT2D eigenvalue weighted by atomic mass is 10.0. The second-order valence-electron chi connectivity index (χ2n) is 9.96. The van der Waals surface area contributed by atoms with Crippen molar-refractivity contribution in [3.63, 3.8) is 0 Å². The topological polar surface area (TPSA) is 105 Å². The molecular weight excluding hydrogens is 584 g/mol. The number of fused-ring (bicyclic) bond motifs is 1. The first-order chi connectivity index (χ1) is 20.9. The van der Waals surface area contributed by atoms with Crippen LogP contribution in [0, 0.1) is 10.1 Å². The number of nitrogens with zero attached hydrogens (tertiary/aromatic N) is 4. The summed E-state index contributed by atoms with van der Waals surface area (Å²) in [6, 6.07) is 28.1. The maximum atomic E-state index is 12.9. The first-order valence-corrected chi connectivity index (χ1v) is 14.4. The van der Waals surface area contributed by atoms with Gasteiger partial charge in [-0.1, -0.05) is 66.2 Å². The molecule has 0 aliphatic rings. The van der Waals surface area contributed by atoms with Crippen molar-refractivity contribution in [2.24, 2.45) is 0 Å². The molecule has 0 spiro atoms. The van der Waals surface area contributed by atoms with Gasteiger partial charge in [-0.15, -0.1) is 0 Å². The zero-order chi connectivity index (χ0) is 30.2. The van der Waals surface area contributed by atoms with Crippen LogP contribution in [-0.4, -0.2) is 43.5 Å². The lowest BCUT2D eigenvalue weighted by Gasteiger charge is -2.27. The molecule has 1 aromatic heterocycles. The van der Waals surface area contributed by atoms with Crippen LogP contribution in [0.5, 0.6) is 0 Å². The third-order valence-electron chi connectivity index (χ3n) is 6.97. The van der Waals surface area contributed by atoms with Crippen LogP contribution in [0.3, 0.4) is 0 Å². The molecule has 0 radical (unpaired) electrons. The van der Waals surface area contributed by atoms with Gasteiger partial charge in [-0.2, -0.15) is 0 Å². The summed E-state index contributed by atoms with van der Waals surface area (Å²) in [6.07, 6.45) is 3.45. The third kappa shape index (κ3) is 7.94. The van der Waals surface area contributed by atoms with E-state index in [1.54, 1.807) is 36.8 Å². The van der Waals surface area contributed by atoms with Crippen LogP contribution in [0.2, 0.25) is 5.02 Å². The SMILES string of the molecule is O=C(Cc1cncn1Cc1ccc([N+](=O)[O-])cc1)NCCN(Cc1cccc2ccccc12)C(=S)Nc1ccc(Cl)cc1. The van der Waals surface area contributed by atoms with E-state index in [0.717, 1.165) is 33.3 Å². The van der Waals surface area contributed by atoms with E-state index in [9.17, 15) is 14.9 Å². The number of non-ortho nitro benzene ring substituents is 1. The number of nitro groups is 1. The van der Waals surface area contributed by atoms with Crippen molar-refractivity contribution in [1.82, 2.24) is 19.8 Å². The Morgan fingerprint density at radius 2 is 1.74 bits per heavy atom. The highest BCUT2D eigenvalue weighted by atomic mass is 35.5. The zero-order valence-electron chi connectivity index (χ0n) is 23.2. The Bertz CT molecular complexity index is 1740. The Morgan fingerprint density at radius 1 is 1.00 bits per heavy atom. The van der Waals surface area contributed by atoms with E-state index < -0.39 is 4.92 Å². The summed E-state index contributed by atoms with van der Waals surface area (Å²) >= 11 is 11.9. The lowest BCUT2D eigenvalue weighted by molar-refractivity contribution is -0.384. The molecule has 0 aliphatic heterocycles. The number of benzene rings is 4. The first-order valence-electron chi connectivity index (χ1n) is 13.6. The summed E-state index contributed by atoms with van der Waals surface area (Å²) in [5.41, 5.74) is 3.59. The van der Waals surface area contributed by atoms with Gasteiger partial charge in [-0.25, -0.2) is 4.98 Å². The molecule has 1 heterocycles. The predicted molar refractivity (Wildman–Crippen MR) is 173 cm³/mol. The van der Waals surface area contributed by atoms with Crippen molar-refractivity contribution in [2.45, 2.75) is 19.5 Å². The number of thiocarbonyl (C=S) groups is 1. The molecule has 9 nitrogen and oxygen atoms in total. The first kappa shape index (κ1) is 29.7. The summed E-state index contributed by atoms with van der Waals surface area (Å²) in [4.78, 5) is 29.7. The van der Waals surface area contributed by atoms with Crippen LogP contribution in [0.25, 0.3) is 10.8 Å². The van der Waals surface area contributed by atoms with Gasteiger partial charge in [0, 0.05) is 60.9 Å². The number of carbonyl (C=O) groups excluding carboxylic acids is 1. The standard InChI is InChI=1S/C32H29ClN6O3S/c33-26-10-12-27(13-11-26)36-32(43)37(21-25-6-3-5-24-4-1-2-7-30(24)25)17-16-35-31(40)18-29-19-34-22-38(29)20-23-8-14-28(15-9-23)39(41)42/h1-15,19,22H,16-18,20-21H2,(H,35,40)(H,36,43). The number of hydrogen-bond acceptors (Lipinski definition) is 5. The molecule has 0 bridgehead atoms. The average molecular weight is 613 g/mol. The van der Waals surface area contributed by atoms with Crippen LogP contribution in [0.4, 0.5) is 11.4 Å². The summed E-state index contributed by atoms with van der Waals surface area (Å²) in [6.45, 7) is 1.86. The van der Waals surface area contributed by atoms with Gasteiger partial charge in [0.05, 0.1) is 17.7 Å². The molecule has 0 fully saturated rings. The molecule has 4 aromatic carbocycles. The Balaban J connectivity index is 1.22. The highest BCUT2D eigenvalue weighted by molar-refractivity contribution is 7.80. The van der Waals surface area contributed by atoms with Crippen LogP contribution in [0.1, 0.15) is 16.8 Å². The number of halogens is 1. The normalized spacial score (nSPS) is 10.8. The fourth-order valence-corrected chi connectivity index (χ4v) is 5.14. The molecule has 1 amide bonds. The van der Waals surface area contributed by atoms with E-state index in [2.05, 4.69) is 39.9 Å². The second kappa shape index (κ2) is 13.9. The summed E-state index contributed by atoms with van der Waals surface area (Å²) in [5.74, 6) is -0.146. The van der Waals surface area contributed by atoms with Crippen molar-refractivity contribution in [1.29, 1.82) is 0 Å². The van der Waals surface area contributed by atoms with E-state index >= 15 is 0 Å². The van der Waals surface area contributed by atoms with Gasteiger partial charge < -0.3 is 20.1 Å². The lowest BCUT2D eigenvalue weighted by Crippen LogP contribution is -2.40. The van der Waals surface area contributed by atoms with Gasteiger partial charge in [0.1, 0.15) is 0 Å². The van der Waals surface area contributed by atoms with Gasteiger partial charge in [0.2, 0.25) is 5.91 Å². The van der Waals surface area contributed by atoms with E-state index in [1.807, 2.05) is 39.8 Å². The largest absolute Gasteiger partial charge is 0.354 e. The second-order valence-corrected chi connectivity index (χ2v) is 10.8. The number of nitrogens with one attached hydrogen (secondary N) is 2. The molecule has 0 saturated heterocycles. The molecular formula is C32H29ClN6O3S. The van der Waals surface area contributed by atoms with Crippen molar-refractivity contribution < 1.29 is 9.72 Å². The Hall–Kier alpha value is -4.80. The fraction of sp³-hybridized carbons (Fsp3) is 0.156. The molecule has 43 heavy (non-hydrogen) atoms. The van der Waals surface area contributed by atoms with Crippen molar-refractivity contribution in [3.8, 4) is 0 Å².